The van der Waals surface area contributed by atoms with Crippen molar-refractivity contribution in [1.82, 2.24) is 14.9 Å². The van der Waals surface area contributed by atoms with Gasteiger partial charge in [-0.2, -0.15) is 0 Å². The summed E-state index contributed by atoms with van der Waals surface area (Å²) in [6.45, 7) is 3.70. The Labute approximate surface area is 85.8 Å². The van der Waals surface area contributed by atoms with Crippen LogP contribution >= 0.6 is 0 Å². The zero-order valence-electron chi connectivity index (χ0n) is 8.98. The average molecular weight is 196 g/mol. The van der Waals surface area contributed by atoms with E-state index in [0.29, 0.717) is 0 Å². The van der Waals surface area contributed by atoms with E-state index in [0.717, 1.165) is 19.5 Å². The second-order valence-corrected chi connectivity index (χ2v) is 2.73. The van der Waals surface area contributed by atoms with E-state index in [2.05, 4.69) is 10.3 Å². The molecule has 0 aliphatic carbocycles. The SMILES string of the molecule is C/C=C\NC.NCCCn1ccnc1. The van der Waals surface area contributed by atoms with Crippen molar-refractivity contribution in [3.05, 3.63) is 31.0 Å². The Kier molecular flexibility index (Phi) is 8.89. The zero-order valence-corrected chi connectivity index (χ0v) is 8.98. The van der Waals surface area contributed by atoms with Crippen LogP contribution in [0.5, 0.6) is 0 Å². The quantitative estimate of drug-likeness (QED) is 0.754. The predicted octanol–water partition coefficient (Wildman–Crippen LogP) is 0.971. The monoisotopic (exact) mass is 196 g/mol. The lowest BCUT2D eigenvalue weighted by molar-refractivity contribution is 0.650. The van der Waals surface area contributed by atoms with Gasteiger partial charge in [0.1, 0.15) is 0 Å². The van der Waals surface area contributed by atoms with Crippen LogP contribution in [0.15, 0.2) is 31.0 Å². The molecule has 0 spiro atoms. The fraction of sp³-hybridized carbons (Fsp3) is 0.500. The third-order valence-corrected chi connectivity index (χ3v) is 1.51. The number of nitrogens with zero attached hydrogens (tertiary/aromatic N) is 2. The summed E-state index contributed by atoms with van der Waals surface area (Å²) in [5.74, 6) is 0. The van der Waals surface area contributed by atoms with Crippen molar-refractivity contribution in [1.29, 1.82) is 0 Å². The molecule has 1 aromatic rings. The summed E-state index contributed by atoms with van der Waals surface area (Å²) in [5.41, 5.74) is 5.31. The molecule has 0 saturated carbocycles. The van der Waals surface area contributed by atoms with Crippen LogP contribution in [-0.2, 0) is 6.54 Å². The van der Waals surface area contributed by atoms with Gasteiger partial charge in [-0.3, -0.25) is 0 Å². The molecule has 1 rings (SSSR count). The van der Waals surface area contributed by atoms with Crippen LogP contribution in [0.1, 0.15) is 13.3 Å². The summed E-state index contributed by atoms with van der Waals surface area (Å²) in [6, 6.07) is 0. The number of aryl methyl sites for hydroxylation is 1. The highest BCUT2D eigenvalue weighted by molar-refractivity contribution is 4.73. The molecule has 0 aliphatic heterocycles. The first kappa shape index (κ1) is 12.7. The van der Waals surface area contributed by atoms with Crippen LogP contribution in [0.3, 0.4) is 0 Å². The molecule has 0 aromatic carbocycles. The van der Waals surface area contributed by atoms with E-state index < -0.39 is 0 Å². The molecule has 0 bridgehead atoms. The van der Waals surface area contributed by atoms with Crippen LogP contribution in [0.25, 0.3) is 0 Å². The number of rotatable bonds is 4. The van der Waals surface area contributed by atoms with Crippen molar-refractivity contribution in [2.24, 2.45) is 5.73 Å². The normalized spacial score (nSPS) is 9.64. The lowest BCUT2D eigenvalue weighted by atomic mass is 10.4. The summed E-state index contributed by atoms with van der Waals surface area (Å²) >= 11 is 0. The van der Waals surface area contributed by atoms with Crippen LogP contribution < -0.4 is 11.1 Å². The van der Waals surface area contributed by atoms with Crippen molar-refractivity contribution < 1.29 is 0 Å². The molecule has 3 N–H and O–H groups in total. The second kappa shape index (κ2) is 9.80. The average Bonchev–Trinajstić information content (AvgIpc) is 2.69. The van der Waals surface area contributed by atoms with Crippen molar-refractivity contribution in [2.45, 2.75) is 19.9 Å². The molecule has 0 saturated heterocycles. The van der Waals surface area contributed by atoms with E-state index in [9.17, 15) is 0 Å². The molecule has 0 radical (unpaired) electrons. The molecule has 80 valence electrons. The maximum Gasteiger partial charge on any atom is 0.0945 e. The van der Waals surface area contributed by atoms with Gasteiger partial charge in [0.15, 0.2) is 0 Å². The number of imidazole rings is 1. The smallest absolute Gasteiger partial charge is 0.0945 e. The minimum absolute atomic E-state index is 0.748. The number of nitrogens with one attached hydrogen (secondary N) is 1. The topological polar surface area (TPSA) is 55.9 Å². The fourth-order valence-corrected chi connectivity index (χ4v) is 0.860. The van der Waals surface area contributed by atoms with Crippen molar-refractivity contribution in [3.8, 4) is 0 Å². The van der Waals surface area contributed by atoms with Crippen molar-refractivity contribution >= 4 is 0 Å². The third-order valence-electron chi connectivity index (χ3n) is 1.51. The number of hydrogen-bond acceptors (Lipinski definition) is 3. The van der Waals surface area contributed by atoms with Gasteiger partial charge in [-0.25, -0.2) is 4.98 Å². The molecule has 4 heteroatoms. The highest BCUT2D eigenvalue weighted by Crippen LogP contribution is 1.87. The summed E-state index contributed by atoms with van der Waals surface area (Å²) in [7, 11) is 1.88. The molecule has 0 unspecified atom stereocenters. The number of allylic oxidation sites excluding steroid dienone is 1. The van der Waals surface area contributed by atoms with E-state index in [4.69, 9.17) is 5.73 Å². The molecule has 0 atom stereocenters. The molecular weight excluding hydrogens is 176 g/mol. The summed E-state index contributed by atoms with van der Waals surface area (Å²) in [6.07, 6.45) is 10.4. The molecular formula is C10H20N4. The van der Waals surface area contributed by atoms with Crippen LogP contribution in [0.2, 0.25) is 0 Å². The third kappa shape index (κ3) is 7.36. The predicted molar refractivity (Wildman–Crippen MR) is 59.8 cm³/mol. The van der Waals surface area contributed by atoms with Gasteiger partial charge in [-0.15, -0.1) is 0 Å². The molecule has 1 heterocycles. The van der Waals surface area contributed by atoms with Gasteiger partial charge < -0.3 is 15.6 Å². The molecule has 0 amide bonds. The Morgan fingerprint density at radius 1 is 1.57 bits per heavy atom. The largest absolute Gasteiger partial charge is 0.394 e. The molecule has 4 nitrogen and oxygen atoms in total. The Bertz CT molecular complexity index is 216. The number of nitrogens with two attached hydrogens (primary N) is 1. The number of aromatic nitrogens is 2. The first-order chi connectivity index (χ1) is 6.85. The highest BCUT2D eigenvalue weighted by atomic mass is 15.0. The maximum atomic E-state index is 5.31. The van der Waals surface area contributed by atoms with E-state index in [1.807, 2.05) is 37.0 Å². The minimum Gasteiger partial charge on any atom is -0.394 e. The van der Waals surface area contributed by atoms with Crippen molar-refractivity contribution in [2.75, 3.05) is 13.6 Å². The Morgan fingerprint density at radius 3 is 2.71 bits per heavy atom. The minimum atomic E-state index is 0.748. The van der Waals surface area contributed by atoms with Gasteiger partial charge in [0.25, 0.3) is 0 Å². The Morgan fingerprint density at radius 2 is 2.36 bits per heavy atom. The Balaban J connectivity index is 0.000000292. The van der Waals surface area contributed by atoms with Crippen LogP contribution in [0.4, 0.5) is 0 Å². The van der Waals surface area contributed by atoms with Gasteiger partial charge in [-0.1, -0.05) is 6.08 Å². The summed E-state index contributed by atoms with van der Waals surface area (Å²) < 4.78 is 2.02. The molecule has 14 heavy (non-hydrogen) atoms. The van der Waals surface area contributed by atoms with Crippen molar-refractivity contribution in [3.63, 3.8) is 0 Å². The second-order valence-electron chi connectivity index (χ2n) is 2.73. The van der Waals surface area contributed by atoms with E-state index >= 15 is 0 Å². The first-order valence-corrected chi connectivity index (χ1v) is 4.79. The number of hydrogen-bond donors (Lipinski definition) is 2. The fourth-order valence-electron chi connectivity index (χ4n) is 0.860. The maximum absolute atomic E-state index is 5.31. The molecule has 0 fully saturated rings. The van der Waals surface area contributed by atoms with Gasteiger partial charge in [0.05, 0.1) is 6.33 Å². The van der Waals surface area contributed by atoms with Gasteiger partial charge in [0, 0.05) is 26.0 Å². The van der Waals surface area contributed by atoms with Gasteiger partial charge >= 0.3 is 0 Å². The lowest BCUT2D eigenvalue weighted by Crippen LogP contribution is -2.03. The van der Waals surface area contributed by atoms with Gasteiger partial charge in [0.2, 0.25) is 0 Å². The first-order valence-electron chi connectivity index (χ1n) is 4.79. The van der Waals surface area contributed by atoms with E-state index in [1.54, 1.807) is 12.5 Å². The van der Waals surface area contributed by atoms with E-state index in [1.165, 1.54) is 0 Å². The Hall–Kier alpha value is -1.29. The summed E-state index contributed by atoms with van der Waals surface area (Å²) in [4.78, 5) is 3.90. The zero-order chi connectivity index (χ0) is 10.6. The van der Waals surface area contributed by atoms with Gasteiger partial charge in [-0.05, 0) is 26.1 Å². The lowest BCUT2D eigenvalue weighted by Gasteiger charge is -1.96. The standard InChI is InChI=1S/C6H11N3.C4H9N/c7-2-1-4-9-5-3-8-6-9;1-3-4-5-2/h3,5-6H,1-2,4,7H2;3-5H,1-2H3/b;4-3-. The summed E-state index contributed by atoms with van der Waals surface area (Å²) in [5, 5.41) is 2.84. The molecule has 0 aliphatic rings. The van der Waals surface area contributed by atoms with Crippen LogP contribution in [-0.4, -0.2) is 23.1 Å². The highest BCUT2D eigenvalue weighted by Gasteiger charge is 1.85. The van der Waals surface area contributed by atoms with Crippen LogP contribution in [0, 0.1) is 0 Å². The van der Waals surface area contributed by atoms with E-state index in [-0.39, 0.29) is 0 Å². The molecule has 1 aromatic heterocycles.